The number of hydrogen-bond donors (Lipinski definition) is 1. The fraction of sp³-hybridized carbons (Fsp3) is 0.208. The molecule has 1 heterocycles. The zero-order chi connectivity index (χ0) is 19.3. The minimum absolute atomic E-state index is 0.111. The van der Waals surface area contributed by atoms with Crippen molar-refractivity contribution in [1.82, 2.24) is 0 Å². The maximum atomic E-state index is 12.5. The Morgan fingerprint density at radius 3 is 2.50 bits per heavy atom. The first-order valence-electron chi connectivity index (χ1n) is 9.60. The fourth-order valence-electron chi connectivity index (χ4n) is 3.64. The van der Waals surface area contributed by atoms with Gasteiger partial charge < -0.3 is 15.0 Å². The minimum atomic E-state index is -0.111. The van der Waals surface area contributed by atoms with Crippen LogP contribution in [0.15, 0.2) is 72.8 Å². The third-order valence-corrected chi connectivity index (χ3v) is 5.14. The van der Waals surface area contributed by atoms with Gasteiger partial charge in [-0.3, -0.25) is 4.79 Å². The molecule has 1 aliphatic rings. The number of ether oxygens (including phenoxy) is 1. The average molecular weight is 372 g/mol. The van der Waals surface area contributed by atoms with Crippen molar-refractivity contribution >= 4 is 17.3 Å². The van der Waals surface area contributed by atoms with Gasteiger partial charge in [0.2, 0.25) is 0 Å². The van der Waals surface area contributed by atoms with Gasteiger partial charge in [0.05, 0.1) is 7.11 Å². The maximum Gasteiger partial charge on any atom is 0.255 e. The number of carbonyl (C=O) groups excluding carboxylic acids is 1. The van der Waals surface area contributed by atoms with Gasteiger partial charge in [-0.25, -0.2) is 0 Å². The van der Waals surface area contributed by atoms with Crippen LogP contribution in [0.3, 0.4) is 0 Å². The lowest BCUT2D eigenvalue weighted by atomic mass is 10.0. The van der Waals surface area contributed by atoms with E-state index in [1.54, 1.807) is 7.11 Å². The molecule has 28 heavy (non-hydrogen) atoms. The zero-order valence-electron chi connectivity index (χ0n) is 16.0. The van der Waals surface area contributed by atoms with Crippen molar-refractivity contribution in [2.75, 3.05) is 23.9 Å². The molecule has 1 aliphatic heterocycles. The Kier molecular flexibility index (Phi) is 5.29. The quantitative estimate of drug-likeness (QED) is 0.693. The van der Waals surface area contributed by atoms with Gasteiger partial charge in [-0.2, -0.15) is 0 Å². The predicted molar refractivity (Wildman–Crippen MR) is 113 cm³/mol. The van der Waals surface area contributed by atoms with Gasteiger partial charge in [0, 0.05) is 30.0 Å². The molecule has 3 aromatic rings. The Morgan fingerprint density at radius 1 is 1.00 bits per heavy atom. The number of amides is 1. The summed E-state index contributed by atoms with van der Waals surface area (Å²) in [6, 6.07) is 23.8. The minimum Gasteiger partial charge on any atom is -0.497 e. The highest BCUT2D eigenvalue weighted by Crippen LogP contribution is 2.28. The second kappa shape index (κ2) is 8.17. The van der Waals surface area contributed by atoms with Crippen LogP contribution in [0.25, 0.3) is 0 Å². The maximum absolute atomic E-state index is 12.5. The van der Waals surface area contributed by atoms with E-state index in [4.69, 9.17) is 4.74 Å². The number of para-hydroxylation sites is 1. The van der Waals surface area contributed by atoms with E-state index in [9.17, 15) is 4.79 Å². The number of methoxy groups -OCH3 is 1. The summed E-state index contributed by atoms with van der Waals surface area (Å²) in [5.74, 6) is 0.654. The highest BCUT2D eigenvalue weighted by atomic mass is 16.5. The van der Waals surface area contributed by atoms with Crippen molar-refractivity contribution in [3.8, 4) is 5.75 Å². The largest absolute Gasteiger partial charge is 0.497 e. The molecule has 0 atom stereocenters. The lowest BCUT2D eigenvalue weighted by Crippen LogP contribution is -2.28. The van der Waals surface area contributed by atoms with Gasteiger partial charge in [-0.05, 0) is 66.4 Å². The van der Waals surface area contributed by atoms with Crippen molar-refractivity contribution in [3.63, 3.8) is 0 Å². The first kappa shape index (κ1) is 18.1. The molecule has 3 aromatic carbocycles. The van der Waals surface area contributed by atoms with Crippen LogP contribution >= 0.6 is 0 Å². The van der Waals surface area contributed by atoms with Gasteiger partial charge in [-0.1, -0.05) is 30.3 Å². The molecule has 4 rings (SSSR count). The number of hydrogen-bond acceptors (Lipinski definition) is 3. The highest BCUT2D eigenvalue weighted by Gasteiger charge is 2.16. The van der Waals surface area contributed by atoms with Crippen LogP contribution < -0.4 is 15.0 Å². The Hall–Kier alpha value is -3.27. The van der Waals surface area contributed by atoms with Gasteiger partial charge in [0.1, 0.15) is 5.75 Å². The lowest BCUT2D eigenvalue weighted by Gasteiger charge is -2.31. The van der Waals surface area contributed by atoms with Crippen LogP contribution in [0.1, 0.15) is 27.9 Å². The van der Waals surface area contributed by atoms with Crippen LogP contribution in [0.5, 0.6) is 5.75 Å². The summed E-state index contributed by atoms with van der Waals surface area (Å²) in [7, 11) is 1.62. The smallest absolute Gasteiger partial charge is 0.255 e. The number of benzene rings is 3. The second-order valence-electron chi connectivity index (χ2n) is 7.03. The molecule has 0 unspecified atom stereocenters. The van der Waals surface area contributed by atoms with Crippen molar-refractivity contribution in [1.29, 1.82) is 0 Å². The average Bonchev–Trinajstić information content (AvgIpc) is 2.75. The Balaban J connectivity index is 1.42. The van der Waals surface area contributed by atoms with E-state index >= 15 is 0 Å². The first-order chi connectivity index (χ1) is 13.7. The molecule has 1 amide bonds. The van der Waals surface area contributed by atoms with E-state index < -0.39 is 0 Å². The number of aryl methyl sites for hydroxylation is 1. The number of nitrogens with zero attached hydrogens (tertiary/aromatic N) is 1. The number of rotatable bonds is 5. The highest BCUT2D eigenvalue weighted by molar-refractivity contribution is 6.04. The summed E-state index contributed by atoms with van der Waals surface area (Å²) in [6.07, 6.45) is 2.33. The van der Waals surface area contributed by atoms with E-state index in [1.165, 1.54) is 23.2 Å². The Labute approximate surface area is 165 Å². The molecule has 142 valence electrons. The standard InChI is InChI=1S/C24H24N2O2/c1-28-22-14-12-21(13-15-22)25-24(27)20-10-8-18(9-11-20)17-26-16-4-6-19-5-2-3-7-23(19)26/h2-3,5,7-15H,4,6,16-17H2,1H3,(H,25,27). The fourth-order valence-corrected chi connectivity index (χ4v) is 3.64. The zero-order valence-corrected chi connectivity index (χ0v) is 16.0. The van der Waals surface area contributed by atoms with Crippen LogP contribution in [-0.2, 0) is 13.0 Å². The van der Waals surface area contributed by atoms with Crippen LogP contribution in [0.4, 0.5) is 11.4 Å². The van der Waals surface area contributed by atoms with Crippen LogP contribution in [-0.4, -0.2) is 19.6 Å². The molecule has 1 N–H and O–H groups in total. The third-order valence-electron chi connectivity index (χ3n) is 5.14. The lowest BCUT2D eigenvalue weighted by molar-refractivity contribution is 0.102. The topological polar surface area (TPSA) is 41.6 Å². The summed E-state index contributed by atoms with van der Waals surface area (Å²) in [5.41, 5.74) is 5.36. The van der Waals surface area contributed by atoms with Gasteiger partial charge >= 0.3 is 0 Å². The number of carbonyl (C=O) groups is 1. The first-order valence-corrected chi connectivity index (χ1v) is 9.60. The van der Waals surface area contributed by atoms with E-state index in [1.807, 2.05) is 48.5 Å². The molecule has 0 fully saturated rings. The van der Waals surface area contributed by atoms with Crippen LogP contribution in [0, 0.1) is 0 Å². The van der Waals surface area contributed by atoms with Crippen LogP contribution in [0.2, 0.25) is 0 Å². The normalized spacial score (nSPS) is 13.0. The van der Waals surface area contributed by atoms with Crippen molar-refractivity contribution in [2.24, 2.45) is 0 Å². The monoisotopic (exact) mass is 372 g/mol. The molecule has 0 radical (unpaired) electrons. The summed E-state index contributed by atoms with van der Waals surface area (Å²) < 4.78 is 5.14. The molecule has 0 saturated heterocycles. The molecular weight excluding hydrogens is 348 g/mol. The Bertz CT molecular complexity index is 949. The summed E-state index contributed by atoms with van der Waals surface area (Å²) in [6.45, 7) is 1.92. The van der Waals surface area contributed by atoms with Gasteiger partial charge in [0.25, 0.3) is 5.91 Å². The van der Waals surface area contributed by atoms with Crippen molar-refractivity contribution in [2.45, 2.75) is 19.4 Å². The van der Waals surface area contributed by atoms with Crippen molar-refractivity contribution < 1.29 is 9.53 Å². The molecule has 0 aromatic heterocycles. The van der Waals surface area contributed by atoms with Gasteiger partial charge in [0.15, 0.2) is 0 Å². The second-order valence-corrected chi connectivity index (χ2v) is 7.03. The number of anilines is 2. The van der Waals surface area contributed by atoms with Crippen molar-refractivity contribution in [3.05, 3.63) is 89.5 Å². The third kappa shape index (κ3) is 4.01. The van der Waals surface area contributed by atoms with Gasteiger partial charge in [-0.15, -0.1) is 0 Å². The molecular formula is C24H24N2O2. The summed E-state index contributed by atoms with van der Waals surface area (Å²) in [4.78, 5) is 14.9. The molecule has 4 nitrogen and oxygen atoms in total. The molecule has 0 bridgehead atoms. The number of fused-ring (bicyclic) bond motifs is 1. The molecule has 4 heteroatoms. The Morgan fingerprint density at radius 2 is 1.75 bits per heavy atom. The summed E-state index contributed by atoms with van der Waals surface area (Å²) >= 11 is 0. The molecule has 0 aliphatic carbocycles. The summed E-state index contributed by atoms with van der Waals surface area (Å²) in [5, 5.41) is 2.92. The van der Waals surface area contributed by atoms with E-state index in [2.05, 4.69) is 34.5 Å². The molecule has 0 saturated carbocycles. The van der Waals surface area contributed by atoms with E-state index in [0.29, 0.717) is 5.56 Å². The van der Waals surface area contributed by atoms with E-state index in [0.717, 1.165) is 30.9 Å². The van der Waals surface area contributed by atoms with E-state index in [-0.39, 0.29) is 5.91 Å². The number of nitrogens with one attached hydrogen (secondary N) is 1. The molecule has 0 spiro atoms. The SMILES string of the molecule is COc1ccc(NC(=O)c2ccc(CN3CCCc4ccccc43)cc2)cc1. The predicted octanol–water partition coefficient (Wildman–Crippen LogP) is 4.90.